The standard InChI is InChI=1S/C67H97N2O24/c1-30-14-18-47(88-54-28-65(11,69(79)80)60(38(9)86-54)68-64(78)81-13)31(2)23-43-45(73)24-40(29-70)27-67(43)62(76)55(63(77)93-67)61(75)66(12)42(30)16-15-41-56(66)32(3)22-33(4)57(41)92-53-26-49(59(37(8)85-53)87-39(10)71)90-50-21-19-48(35(6)83-50)89-52-25-46(74)58(36(7)84-52)91-51-20-17-44(72)34(5)82-51/h14-16,23,27,29,32-38,41-54,56-60,72-75,79H,17-22,24-26,28H2,1-13H3,(H,68,78)/q-1/b30-14-,31-23+,61-55+/t32-,33-,34-,35-,36-,37-,38+,41-,42-,43+,44+,45-,46+,47-,48+,49+,50-,51-,52-,53-,54-,56+,57-,58-,59-,60-,65-,66+,67?/m0/s1. The molecule has 10 rings (SSSR count). The molecule has 7 fully saturated rings. The number of hydrogen-bond acceptors (Lipinski definition) is 25. The van der Waals surface area contributed by atoms with Crippen molar-refractivity contribution in [1.29, 1.82) is 0 Å². The van der Waals surface area contributed by atoms with Gasteiger partial charge in [0.05, 0.1) is 91.8 Å². The first-order valence-electron chi connectivity index (χ1n) is 33.1. The minimum absolute atomic E-state index is 0.00396. The molecule has 10 aliphatic rings. The predicted molar refractivity (Wildman–Crippen MR) is 325 cm³/mol. The van der Waals surface area contributed by atoms with Gasteiger partial charge in [0.2, 0.25) is 11.4 Å². The van der Waals surface area contributed by atoms with E-state index >= 15 is 4.79 Å². The third-order valence-corrected chi connectivity index (χ3v) is 21.7. The van der Waals surface area contributed by atoms with Gasteiger partial charge in [-0.05, 0) is 116 Å². The van der Waals surface area contributed by atoms with Crippen LogP contribution >= 0.6 is 0 Å². The number of fused-ring (bicyclic) bond motifs is 4. The number of ketones is 1. The van der Waals surface area contributed by atoms with Crippen molar-refractivity contribution < 1.29 is 111 Å². The highest BCUT2D eigenvalue weighted by Crippen LogP contribution is 2.61. The highest BCUT2D eigenvalue weighted by molar-refractivity contribution is 6.27. The van der Waals surface area contributed by atoms with Crippen molar-refractivity contribution in [3.05, 3.63) is 63.6 Å². The maximum Gasteiger partial charge on any atom is 0.407 e. The van der Waals surface area contributed by atoms with Crippen LogP contribution in [-0.2, 0) is 80.8 Å². The van der Waals surface area contributed by atoms with E-state index in [0.29, 0.717) is 44.0 Å². The van der Waals surface area contributed by atoms with Crippen LogP contribution in [-0.4, -0.2) is 202 Å². The second kappa shape index (κ2) is 28.5. The topological polar surface area (TPSA) is 345 Å². The number of methoxy groups -OCH3 is 1. The van der Waals surface area contributed by atoms with Crippen molar-refractivity contribution in [3.63, 3.8) is 0 Å². The smallest absolute Gasteiger partial charge is 0.407 e. The SMILES string of the molecule is COC(=O)N[C@H]1[C@@H](C)O[C@@H](O[C@H]2C/C=C(/C)[C@@H]3C=C[C@@H]4[C@@H](O[C@H]5C[C@@H](O[C@H]6CC[C@@H](O[C@H]7C[C@@H](O)[C@@H](O[C@H]8CC[C@@H](O)[C@H](C)O8)[C@H](C)O7)[C@H](C)O6)[C@@H](OC(C)=O)[C@H](C)O5)[C@@H](C)C[C@H](C)[C@H]4[C@]3(C)/C(O)=C3\C(=O)OC4(C=C(C=O)C[C@H](O)[C@H]4/C=C/2C)C3=O)C[C@]1(C)N([O-])O. The maximum absolute atomic E-state index is 15.6. The van der Waals surface area contributed by atoms with E-state index in [2.05, 4.69) is 25.2 Å². The summed E-state index contributed by atoms with van der Waals surface area (Å²) in [6.07, 6.45) is -3.65. The lowest BCUT2D eigenvalue weighted by Gasteiger charge is -2.56. The Morgan fingerprint density at radius 1 is 0.720 bits per heavy atom. The normalized spacial score (nSPS) is 48.3. The number of aliphatic hydroxyl groups is 4. The van der Waals surface area contributed by atoms with Crippen LogP contribution in [0.25, 0.3) is 0 Å². The summed E-state index contributed by atoms with van der Waals surface area (Å²) < 4.78 is 81.6. The van der Waals surface area contributed by atoms with Crippen molar-refractivity contribution in [3.8, 4) is 0 Å². The van der Waals surface area contributed by atoms with Crippen molar-refractivity contribution in [2.24, 2.45) is 40.9 Å². The van der Waals surface area contributed by atoms with Gasteiger partial charge in [-0.1, -0.05) is 50.6 Å². The number of nitrogens with one attached hydrogen (secondary N) is 1. The zero-order valence-corrected chi connectivity index (χ0v) is 55.5. The molecule has 26 heteroatoms. The first-order chi connectivity index (χ1) is 43.9. The minimum Gasteiger partial charge on any atom is -0.762 e. The molecule has 6 saturated heterocycles. The molecule has 2 bridgehead atoms. The summed E-state index contributed by atoms with van der Waals surface area (Å²) in [6, 6.07) is -1.06. The lowest BCUT2D eigenvalue weighted by molar-refractivity contribution is -0.331. The van der Waals surface area contributed by atoms with Gasteiger partial charge < -0.3 is 97.7 Å². The molecule has 93 heavy (non-hydrogen) atoms. The maximum atomic E-state index is 15.6. The van der Waals surface area contributed by atoms with Gasteiger partial charge in [0.15, 0.2) is 37.6 Å². The van der Waals surface area contributed by atoms with Crippen molar-refractivity contribution in [1.82, 2.24) is 10.5 Å². The molecule has 29 atom stereocenters. The number of Topliss-reactive ketones (excluding diaryl/α,β-unsaturated/α-hetero) is 1. The number of carbonyl (C=O) groups is 5. The third-order valence-electron chi connectivity index (χ3n) is 21.7. The number of aldehydes is 1. The zero-order chi connectivity index (χ0) is 67.5. The summed E-state index contributed by atoms with van der Waals surface area (Å²) in [4.78, 5) is 68.1. The summed E-state index contributed by atoms with van der Waals surface area (Å²) in [5.74, 6) is -6.48. The van der Waals surface area contributed by atoms with Crippen molar-refractivity contribution in [2.75, 3.05) is 7.11 Å². The molecule has 0 radical (unpaired) electrons. The predicted octanol–water partition coefficient (Wildman–Crippen LogP) is 6.27. The molecule has 0 aromatic carbocycles. The highest BCUT2D eigenvalue weighted by atomic mass is 16.8. The number of carbonyl (C=O) groups excluding carboxylic acids is 5. The second-order valence-electron chi connectivity index (χ2n) is 28.2. The Morgan fingerprint density at radius 3 is 2.01 bits per heavy atom. The van der Waals surface area contributed by atoms with E-state index in [1.54, 1.807) is 33.8 Å². The van der Waals surface area contributed by atoms with E-state index in [4.69, 9.17) is 61.6 Å². The molecular formula is C67H97N2O24-. The number of esters is 2. The minimum atomic E-state index is -2.29. The molecule has 1 saturated carbocycles. The molecule has 1 unspecified atom stereocenters. The first kappa shape index (κ1) is 71.2. The Balaban J connectivity index is 0.905. The molecule has 1 spiro atoms. The summed E-state index contributed by atoms with van der Waals surface area (Å²) >= 11 is 0. The van der Waals surface area contributed by atoms with Crippen LogP contribution in [0, 0.1) is 46.1 Å². The van der Waals surface area contributed by atoms with E-state index < -0.39 is 198 Å². The van der Waals surface area contributed by atoms with E-state index in [9.17, 15) is 50.0 Å². The largest absolute Gasteiger partial charge is 0.762 e. The summed E-state index contributed by atoms with van der Waals surface area (Å²) in [5, 5.41) is 72.5. The van der Waals surface area contributed by atoms with Crippen LogP contribution in [0.5, 0.6) is 0 Å². The average Bonchev–Trinajstić information content (AvgIpc) is 1.68. The van der Waals surface area contributed by atoms with E-state index in [1.165, 1.54) is 19.9 Å². The first-order valence-corrected chi connectivity index (χ1v) is 33.1. The number of rotatable bonds is 14. The number of ether oxygens (including phenoxy) is 13. The van der Waals surface area contributed by atoms with E-state index in [-0.39, 0.29) is 54.7 Å². The Hall–Kier alpha value is -4.59. The number of hydrogen-bond donors (Lipinski definition) is 6. The van der Waals surface area contributed by atoms with Gasteiger partial charge in [-0.2, -0.15) is 0 Å². The van der Waals surface area contributed by atoms with Gasteiger partial charge in [-0.3, -0.25) is 19.6 Å². The van der Waals surface area contributed by atoms with Gasteiger partial charge in [-0.15, -0.1) is 0 Å². The van der Waals surface area contributed by atoms with E-state index in [0.717, 1.165) is 12.7 Å². The Morgan fingerprint density at radius 2 is 1.35 bits per heavy atom. The van der Waals surface area contributed by atoms with Crippen LogP contribution in [0.4, 0.5) is 4.79 Å². The van der Waals surface area contributed by atoms with Crippen LogP contribution in [0.3, 0.4) is 0 Å². The summed E-state index contributed by atoms with van der Waals surface area (Å²) in [7, 11) is 1.16. The van der Waals surface area contributed by atoms with Crippen LogP contribution < -0.4 is 5.32 Å². The molecule has 26 nitrogen and oxygen atoms in total. The number of aliphatic hydroxyl groups excluding tert-OH is 4. The average molecular weight is 1310 g/mol. The van der Waals surface area contributed by atoms with Gasteiger partial charge >= 0.3 is 18.0 Å². The molecule has 6 aliphatic heterocycles. The van der Waals surface area contributed by atoms with Crippen LogP contribution in [0.1, 0.15) is 147 Å². The Kier molecular flexibility index (Phi) is 21.8. The summed E-state index contributed by atoms with van der Waals surface area (Å²) in [5.41, 5.74) is -4.87. The molecule has 6 N–H and O–H groups in total. The quantitative estimate of drug-likeness (QED) is 0.0278. The number of allylic oxidation sites excluding steroid dienone is 3. The van der Waals surface area contributed by atoms with Gasteiger partial charge in [0.1, 0.15) is 29.8 Å². The number of nitrogens with zero attached hydrogens (tertiary/aromatic N) is 1. The lowest BCUT2D eigenvalue weighted by Crippen LogP contribution is -2.67. The molecular weight excluding hydrogens is 1220 g/mol. The molecule has 1 amide bonds. The highest BCUT2D eigenvalue weighted by Gasteiger charge is 2.64. The second-order valence-corrected chi connectivity index (χ2v) is 28.2. The number of alkyl carbamates (subject to hydrolysis) is 1. The Labute approximate surface area is 543 Å². The van der Waals surface area contributed by atoms with Crippen LogP contribution in [0.15, 0.2) is 58.4 Å². The molecule has 4 aliphatic carbocycles. The Bertz CT molecular complexity index is 2900. The number of amides is 1. The molecule has 0 aromatic rings. The number of hydroxylamine groups is 2. The van der Waals surface area contributed by atoms with Gasteiger partial charge in [0, 0.05) is 62.7 Å². The van der Waals surface area contributed by atoms with Crippen LogP contribution in [0.2, 0.25) is 0 Å². The third kappa shape index (κ3) is 14.1. The molecule has 6 heterocycles. The fourth-order valence-electron chi connectivity index (χ4n) is 16.9. The monoisotopic (exact) mass is 1310 g/mol. The zero-order valence-electron chi connectivity index (χ0n) is 55.5. The molecule has 520 valence electrons. The van der Waals surface area contributed by atoms with Gasteiger partial charge in [0.25, 0.3) is 0 Å². The van der Waals surface area contributed by atoms with Crippen molar-refractivity contribution >= 4 is 30.1 Å². The lowest BCUT2D eigenvalue weighted by atomic mass is 9.49. The molecule has 0 aromatic heterocycles. The summed E-state index contributed by atoms with van der Waals surface area (Å²) in [6.45, 7) is 21.2. The fourth-order valence-corrected chi connectivity index (χ4v) is 16.9. The van der Waals surface area contributed by atoms with E-state index in [1.807, 2.05) is 39.8 Å². The van der Waals surface area contributed by atoms with Gasteiger partial charge in [-0.25, -0.2) is 9.59 Å². The van der Waals surface area contributed by atoms with Crippen molar-refractivity contribution in [2.45, 2.75) is 281 Å². The fraction of sp³-hybridized carbons (Fsp3) is 0.776.